The standard InChI is InChI=1S/C10H13ClNO2S2/c1-7(2)3-4-9(13)12-16(14)10-5-8(11)6-15-10/h5-7H,3-4H2,1-2H3/q-1. The van der Waals surface area contributed by atoms with Gasteiger partial charge in [-0.05, 0) is 22.6 Å². The van der Waals surface area contributed by atoms with E-state index in [0.717, 1.165) is 6.42 Å². The molecule has 1 heterocycles. The highest BCUT2D eigenvalue weighted by molar-refractivity contribution is 7.78. The predicted molar refractivity (Wildman–Crippen MR) is 67.2 cm³/mol. The third-order valence-electron chi connectivity index (χ3n) is 1.84. The maximum atomic E-state index is 11.6. The van der Waals surface area contributed by atoms with Gasteiger partial charge < -0.3 is 8.57 Å². The summed E-state index contributed by atoms with van der Waals surface area (Å²) in [4.78, 5) is 11.3. The summed E-state index contributed by atoms with van der Waals surface area (Å²) in [7, 11) is -1.60. The maximum Gasteiger partial charge on any atom is 0.222 e. The van der Waals surface area contributed by atoms with Crippen LogP contribution in [0.25, 0.3) is 0 Å². The minimum atomic E-state index is -1.60. The summed E-state index contributed by atoms with van der Waals surface area (Å²) < 4.78 is 15.7. The first kappa shape index (κ1) is 13.7. The minimum absolute atomic E-state index is 0.309. The molecular formula is C10H13ClNO2S2-. The van der Waals surface area contributed by atoms with Gasteiger partial charge >= 0.3 is 0 Å². The topological polar surface area (TPSA) is 46.5 Å². The summed E-state index contributed by atoms with van der Waals surface area (Å²) in [6.45, 7) is 4.06. The summed E-state index contributed by atoms with van der Waals surface area (Å²) >= 11 is 6.94. The molecule has 0 aliphatic heterocycles. The molecule has 90 valence electrons. The molecule has 0 spiro atoms. The van der Waals surface area contributed by atoms with E-state index in [2.05, 4.69) is 4.36 Å². The third-order valence-corrected chi connectivity index (χ3v) is 4.45. The zero-order valence-electron chi connectivity index (χ0n) is 9.10. The lowest BCUT2D eigenvalue weighted by Gasteiger charge is -2.03. The Morgan fingerprint density at radius 1 is 1.62 bits per heavy atom. The average Bonchev–Trinajstić information content (AvgIpc) is 2.62. The van der Waals surface area contributed by atoms with Crippen molar-refractivity contribution in [2.45, 2.75) is 30.9 Å². The molecule has 0 unspecified atom stereocenters. The summed E-state index contributed by atoms with van der Waals surface area (Å²) in [5, 5.41) is 2.20. The van der Waals surface area contributed by atoms with Crippen LogP contribution in [0.3, 0.4) is 0 Å². The zero-order chi connectivity index (χ0) is 12.1. The van der Waals surface area contributed by atoms with Gasteiger partial charge in [-0.1, -0.05) is 25.4 Å². The van der Waals surface area contributed by atoms with Gasteiger partial charge in [-0.3, -0.25) is 4.79 Å². The molecule has 0 saturated heterocycles. The molecule has 0 radical (unpaired) electrons. The molecule has 3 nitrogen and oxygen atoms in total. The van der Waals surface area contributed by atoms with Crippen molar-refractivity contribution < 1.29 is 9.00 Å². The average molecular weight is 279 g/mol. The van der Waals surface area contributed by atoms with Crippen molar-refractivity contribution in [3.63, 3.8) is 0 Å². The molecular weight excluding hydrogens is 266 g/mol. The smallest absolute Gasteiger partial charge is 0.222 e. The lowest BCUT2D eigenvalue weighted by molar-refractivity contribution is -0.117. The number of amides is 1. The Hall–Kier alpha value is -0.390. The van der Waals surface area contributed by atoms with Crippen LogP contribution in [0.4, 0.5) is 0 Å². The van der Waals surface area contributed by atoms with Crippen LogP contribution in [0.5, 0.6) is 0 Å². The number of thiophene rings is 1. The zero-order valence-corrected chi connectivity index (χ0v) is 11.5. The quantitative estimate of drug-likeness (QED) is 0.785. The highest BCUT2D eigenvalue weighted by Gasteiger charge is 1.99. The largest absolute Gasteiger partial charge is 0.439 e. The highest BCUT2D eigenvalue weighted by Crippen LogP contribution is 2.21. The van der Waals surface area contributed by atoms with Gasteiger partial charge in [0.2, 0.25) is 5.91 Å². The second kappa shape index (κ2) is 6.37. The van der Waals surface area contributed by atoms with Crippen LogP contribution in [0.15, 0.2) is 20.0 Å². The highest BCUT2D eigenvalue weighted by atomic mass is 35.5. The van der Waals surface area contributed by atoms with Gasteiger partial charge in [-0.15, -0.1) is 10.6 Å². The Morgan fingerprint density at radius 2 is 2.31 bits per heavy atom. The molecule has 1 aromatic heterocycles. The fraction of sp³-hybridized carbons (Fsp3) is 0.500. The van der Waals surface area contributed by atoms with Crippen LogP contribution in [0.1, 0.15) is 26.7 Å². The van der Waals surface area contributed by atoms with Gasteiger partial charge in [0, 0.05) is 16.8 Å². The van der Waals surface area contributed by atoms with Crippen molar-refractivity contribution in [1.82, 2.24) is 0 Å². The number of halogens is 1. The molecule has 0 N–H and O–H groups in total. The molecule has 0 atom stereocenters. The van der Waals surface area contributed by atoms with E-state index in [1.165, 1.54) is 11.3 Å². The van der Waals surface area contributed by atoms with E-state index in [1.54, 1.807) is 11.4 Å². The van der Waals surface area contributed by atoms with E-state index < -0.39 is 10.6 Å². The first-order valence-corrected chi connectivity index (χ1v) is 7.26. The Bertz CT molecular complexity index is 447. The normalized spacial score (nSPS) is 13.2. The van der Waals surface area contributed by atoms with Crippen molar-refractivity contribution in [2.75, 3.05) is 0 Å². The van der Waals surface area contributed by atoms with Gasteiger partial charge in [-0.25, -0.2) is 0 Å². The molecule has 0 saturated carbocycles. The lowest BCUT2D eigenvalue weighted by atomic mass is 10.1. The number of carbonyl (C=O) groups is 1. The van der Waals surface area contributed by atoms with Gasteiger partial charge in [0.25, 0.3) is 0 Å². The first-order chi connectivity index (χ1) is 7.49. The summed E-state index contributed by atoms with van der Waals surface area (Å²) in [6.07, 6.45) is 1.12. The van der Waals surface area contributed by atoms with E-state index in [-0.39, 0.29) is 5.91 Å². The molecule has 1 amide bonds. The Kier molecular flexibility index (Phi) is 5.44. The Morgan fingerprint density at radius 3 is 2.81 bits per heavy atom. The molecule has 0 aliphatic rings. The fourth-order valence-electron chi connectivity index (χ4n) is 0.982. The molecule has 16 heavy (non-hydrogen) atoms. The van der Waals surface area contributed by atoms with E-state index in [9.17, 15) is 9.00 Å². The van der Waals surface area contributed by atoms with Crippen LogP contribution >= 0.6 is 22.9 Å². The Balaban J connectivity index is 2.63. The predicted octanol–water partition coefficient (Wildman–Crippen LogP) is 3.87. The van der Waals surface area contributed by atoms with Crippen molar-refractivity contribution in [3.8, 4) is 0 Å². The molecule has 0 fully saturated rings. The number of hydrogen-bond acceptors (Lipinski definition) is 4. The van der Waals surface area contributed by atoms with E-state index in [1.807, 2.05) is 13.8 Å². The third kappa shape index (κ3) is 4.63. The van der Waals surface area contributed by atoms with Gasteiger partial charge in [0.05, 0.1) is 0 Å². The monoisotopic (exact) mass is 278 g/mol. The van der Waals surface area contributed by atoms with Gasteiger partial charge in [-0.2, -0.15) is 11.3 Å². The second-order valence-electron chi connectivity index (χ2n) is 3.75. The number of rotatable bonds is 4. The van der Waals surface area contributed by atoms with Crippen LogP contribution in [-0.4, -0.2) is 5.91 Å². The second-order valence-corrected chi connectivity index (χ2v) is 6.48. The Labute approximate surface area is 106 Å². The van der Waals surface area contributed by atoms with Crippen LogP contribution in [0.2, 0.25) is 5.02 Å². The number of carbonyl (C=O) groups excluding carboxylic acids is 1. The molecule has 0 aromatic carbocycles. The fourth-order valence-corrected chi connectivity index (χ4v) is 3.03. The van der Waals surface area contributed by atoms with Crippen molar-refractivity contribution >= 4 is 39.4 Å². The first-order valence-electron chi connectivity index (χ1n) is 4.89. The summed E-state index contributed by atoms with van der Waals surface area (Å²) in [6, 6.07) is 1.57. The van der Waals surface area contributed by atoms with Gasteiger partial charge in [0.1, 0.15) is 0 Å². The van der Waals surface area contributed by atoms with E-state index in [4.69, 9.17) is 11.6 Å². The molecule has 0 bridgehead atoms. The van der Waals surface area contributed by atoms with Crippen molar-refractivity contribution in [3.05, 3.63) is 16.5 Å². The summed E-state index contributed by atoms with van der Waals surface area (Å²) in [5.74, 6) is 0.139. The minimum Gasteiger partial charge on any atom is -0.439 e. The molecule has 6 heteroatoms. The van der Waals surface area contributed by atoms with Crippen LogP contribution in [0, 0.1) is 5.92 Å². The van der Waals surface area contributed by atoms with Crippen LogP contribution < -0.4 is 0 Å². The van der Waals surface area contributed by atoms with Crippen LogP contribution in [-0.2, 0) is 19.6 Å². The molecule has 0 aliphatic carbocycles. The lowest BCUT2D eigenvalue weighted by Crippen LogP contribution is -1.97. The summed E-state index contributed by atoms with van der Waals surface area (Å²) in [5.41, 5.74) is 0. The van der Waals surface area contributed by atoms with E-state index >= 15 is 0 Å². The molecule has 1 rings (SSSR count). The SMILES string of the molecule is CC(C)CCC(=O)N=[S-](=O)c1cc(Cl)cs1. The maximum absolute atomic E-state index is 11.6. The number of hydrogen-bond donors (Lipinski definition) is 0. The molecule has 1 aromatic rings. The van der Waals surface area contributed by atoms with Crippen molar-refractivity contribution in [1.29, 1.82) is 0 Å². The van der Waals surface area contributed by atoms with Gasteiger partial charge in [0.15, 0.2) is 0 Å². The van der Waals surface area contributed by atoms with E-state index in [0.29, 0.717) is 21.6 Å². The number of nitrogens with zero attached hydrogens (tertiary/aromatic N) is 1. The van der Waals surface area contributed by atoms with Crippen molar-refractivity contribution in [2.24, 2.45) is 10.3 Å².